The van der Waals surface area contributed by atoms with Gasteiger partial charge in [-0.3, -0.25) is 0 Å². The van der Waals surface area contributed by atoms with Crippen LogP contribution >= 0.6 is 0 Å². The second-order valence-electron chi connectivity index (χ2n) is 3.61. The van der Waals surface area contributed by atoms with Gasteiger partial charge in [0.25, 0.3) is 0 Å². The molecule has 1 N–H and O–H groups in total. The van der Waals surface area contributed by atoms with Crippen LogP contribution < -0.4 is 0 Å². The zero-order valence-electron chi connectivity index (χ0n) is 9.33. The van der Waals surface area contributed by atoms with Gasteiger partial charge >= 0.3 is 5.92 Å². The Morgan fingerprint density at radius 3 is 2.35 bits per heavy atom. The summed E-state index contributed by atoms with van der Waals surface area (Å²) in [5, 5.41) is 9.01. The maximum absolute atomic E-state index is 13.6. The largest absolute Gasteiger partial charge is 0.382 e. The van der Waals surface area contributed by atoms with Crippen LogP contribution in [0.15, 0.2) is 48.8 Å². The Bertz CT molecular complexity index is 424. The molecule has 0 spiro atoms. The van der Waals surface area contributed by atoms with E-state index in [1.807, 2.05) is 0 Å². The second-order valence-corrected chi connectivity index (χ2v) is 3.61. The highest BCUT2D eigenvalue weighted by Gasteiger charge is 2.43. The zero-order valence-corrected chi connectivity index (χ0v) is 9.33. The second kappa shape index (κ2) is 5.19. The zero-order chi connectivity index (χ0) is 13.1. The molecule has 0 heterocycles. The third-order valence-corrected chi connectivity index (χ3v) is 2.42. The lowest BCUT2D eigenvalue weighted by atomic mass is 10.0. The monoisotopic (exact) mass is 242 g/mol. The molecule has 1 unspecified atom stereocenters. The first-order valence-corrected chi connectivity index (χ1v) is 5.02. The lowest BCUT2D eigenvalue weighted by Crippen LogP contribution is -2.32. The van der Waals surface area contributed by atoms with Gasteiger partial charge in [-0.25, -0.2) is 4.39 Å². The lowest BCUT2D eigenvalue weighted by Gasteiger charge is -2.19. The van der Waals surface area contributed by atoms with E-state index in [1.54, 1.807) is 18.2 Å². The molecule has 0 saturated heterocycles. The van der Waals surface area contributed by atoms with Crippen molar-refractivity contribution >= 4 is 5.57 Å². The lowest BCUT2D eigenvalue weighted by molar-refractivity contribution is -0.0691. The molecular weight excluding hydrogens is 229 g/mol. The number of aliphatic hydroxyl groups is 1. The quantitative estimate of drug-likeness (QED) is 0.800. The number of halogens is 3. The van der Waals surface area contributed by atoms with Gasteiger partial charge in [-0.1, -0.05) is 36.4 Å². The van der Waals surface area contributed by atoms with Crippen molar-refractivity contribution in [2.75, 3.05) is 0 Å². The number of alkyl halides is 2. The molecule has 1 aromatic rings. The molecule has 0 bridgehead atoms. The Morgan fingerprint density at radius 2 is 1.88 bits per heavy atom. The SMILES string of the molecule is C=CC(O)C(F)(F)/C(F)=C(/C)c1ccccc1. The predicted octanol–water partition coefficient (Wildman–Crippen LogP) is 3.57. The number of aliphatic hydroxyl groups excluding tert-OH is 1. The number of allylic oxidation sites excluding steroid dienone is 1. The minimum atomic E-state index is -3.96. The molecule has 0 aliphatic heterocycles. The summed E-state index contributed by atoms with van der Waals surface area (Å²) in [6.07, 6.45) is -1.63. The molecule has 17 heavy (non-hydrogen) atoms. The minimum absolute atomic E-state index is 0.198. The number of benzene rings is 1. The summed E-state index contributed by atoms with van der Waals surface area (Å²) < 4.78 is 40.4. The van der Waals surface area contributed by atoms with E-state index in [-0.39, 0.29) is 5.57 Å². The van der Waals surface area contributed by atoms with Gasteiger partial charge in [-0.05, 0) is 18.1 Å². The fourth-order valence-corrected chi connectivity index (χ4v) is 1.34. The molecule has 0 radical (unpaired) electrons. The van der Waals surface area contributed by atoms with Crippen molar-refractivity contribution in [1.82, 2.24) is 0 Å². The Labute approximate surface area is 97.9 Å². The molecule has 92 valence electrons. The normalized spacial score (nSPS) is 15.1. The topological polar surface area (TPSA) is 20.2 Å². The van der Waals surface area contributed by atoms with Crippen molar-refractivity contribution in [2.24, 2.45) is 0 Å². The molecule has 1 atom stereocenters. The van der Waals surface area contributed by atoms with E-state index in [0.29, 0.717) is 11.6 Å². The van der Waals surface area contributed by atoms with Crippen molar-refractivity contribution in [2.45, 2.75) is 19.0 Å². The van der Waals surface area contributed by atoms with Gasteiger partial charge in [0.15, 0.2) is 5.83 Å². The highest BCUT2D eigenvalue weighted by molar-refractivity contribution is 5.66. The molecule has 1 aromatic carbocycles. The van der Waals surface area contributed by atoms with E-state index in [4.69, 9.17) is 5.11 Å². The first-order chi connectivity index (χ1) is 7.91. The third kappa shape index (κ3) is 2.77. The molecule has 0 amide bonds. The van der Waals surface area contributed by atoms with Gasteiger partial charge in [-0.2, -0.15) is 8.78 Å². The van der Waals surface area contributed by atoms with Crippen LogP contribution in [0.25, 0.3) is 5.57 Å². The average molecular weight is 242 g/mol. The Balaban J connectivity index is 3.18. The average Bonchev–Trinajstić information content (AvgIpc) is 2.36. The minimum Gasteiger partial charge on any atom is -0.382 e. The summed E-state index contributed by atoms with van der Waals surface area (Å²) in [7, 11) is 0. The number of hydrogen-bond donors (Lipinski definition) is 1. The third-order valence-electron chi connectivity index (χ3n) is 2.42. The standard InChI is InChI=1S/C13H13F3O/c1-3-11(17)13(15,16)12(14)9(2)10-7-5-4-6-8-10/h3-8,11,17H,1H2,2H3/b12-9+. The van der Waals surface area contributed by atoms with Gasteiger partial charge in [0.1, 0.15) is 6.10 Å². The van der Waals surface area contributed by atoms with Gasteiger partial charge in [0.05, 0.1) is 0 Å². The Kier molecular flexibility index (Phi) is 4.12. The maximum atomic E-state index is 13.6. The maximum Gasteiger partial charge on any atom is 0.327 e. The van der Waals surface area contributed by atoms with Crippen molar-refractivity contribution in [1.29, 1.82) is 0 Å². The van der Waals surface area contributed by atoms with Crippen LogP contribution in [0.1, 0.15) is 12.5 Å². The van der Waals surface area contributed by atoms with Crippen LogP contribution in [-0.4, -0.2) is 17.1 Å². The summed E-state index contributed by atoms with van der Waals surface area (Å²) in [5.74, 6) is -5.60. The number of rotatable bonds is 4. The van der Waals surface area contributed by atoms with Crippen molar-refractivity contribution in [3.8, 4) is 0 Å². The highest BCUT2D eigenvalue weighted by atomic mass is 19.3. The summed E-state index contributed by atoms with van der Waals surface area (Å²) in [5.41, 5.74) is 0.150. The fraction of sp³-hybridized carbons (Fsp3) is 0.231. The molecule has 0 fully saturated rings. The Hall–Kier alpha value is -1.55. The van der Waals surface area contributed by atoms with Gasteiger partial charge in [0.2, 0.25) is 0 Å². The van der Waals surface area contributed by atoms with Gasteiger partial charge in [-0.15, -0.1) is 6.58 Å². The molecule has 0 aliphatic carbocycles. The molecule has 0 aromatic heterocycles. The summed E-state index contributed by atoms with van der Waals surface area (Å²) in [6, 6.07) is 7.98. The van der Waals surface area contributed by atoms with Crippen molar-refractivity contribution in [3.63, 3.8) is 0 Å². The fourth-order valence-electron chi connectivity index (χ4n) is 1.34. The van der Waals surface area contributed by atoms with Crippen LogP contribution in [0.3, 0.4) is 0 Å². The van der Waals surface area contributed by atoms with Crippen molar-refractivity contribution < 1.29 is 18.3 Å². The van der Waals surface area contributed by atoms with Gasteiger partial charge < -0.3 is 5.11 Å². The van der Waals surface area contributed by atoms with Crippen molar-refractivity contribution in [3.05, 3.63) is 54.4 Å². The molecule has 0 aliphatic rings. The predicted molar refractivity (Wildman–Crippen MR) is 61.3 cm³/mol. The van der Waals surface area contributed by atoms with Crippen LogP contribution in [0.5, 0.6) is 0 Å². The van der Waals surface area contributed by atoms with Gasteiger partial charge in [0, 0.05) is 0 Å². The smallest absolute Gasteiger partial charge is 0.327 e. The molecule has 1 rings (SSSR count). The van der Waals surface area contributed by atoms with E-state index in [1.165, 1.54) is 19.1 Å². The van der Waals surface area contributed by atoms with Crippen LogP contribution in [0, 0.1) is 0 Å². The van der Waals surface area contributed by atoms with E-state index in [0.717, 1.165) is 0 Å². The summed E-state index contributed by atoms with van der Waals surface area (Å²) in [4.78, 5) is 0. The molecular formula is C13H13F3O. The molecule has 4 heteroatoms. The summed E-state index contributed by atoms with van der Waals surface area (Å²) >= 11 is 0. The first kappa shape index (κ1) is 13.5. The van der Waals surface area contributed by atoms with Crippen LogP contribution in [0.2, 0.25) is 0 Å². The molecule has 1 nitrogen and oxygen atoms in total. The Morgan fingerprint density at radius 1 is 1.35 bits per heavy atom. The van der Waals surface area contributed by atoms with E-state index >= 15 is 0 Å². The first-order valence-electron chi connectivity index (χ1n) is 5.02. The molecule has 0 saturated carbocycles. The highest BCUT2D eigenvalue weighted by Crippen LogP contribution is 2.35. The van der Waals surface area contributed by atoms with E-state index < -0.39 is 17.9 Å². The van der Waals surface area contributed by atoms with Crippen LogP contribution in [0.4, 0.5) is 13.2 Å². The summed E-state index contributed by atoms with van der Waals surface area (Å²) in [6.45, 7) is 4.27. The van der Waals surface area contributed by atoms with Crippen LogP contribution in [-0.2, 0) is 0 Å². The number of hydrogen-bond acceptors (Lipinski definition) is 1. The van der Waals surface area contributed by atoms with E-state index in [9.17, 15) is 13.2 Å². The van der Waals surface area contributed by atoms with E-state index in [2.05, 4.69) is 6.58 Å².